The maximum absolute atomic E-state index is 12.6. The van der Waals surface area contributed by atoms with E-state index in [9.17, 15) is 4.79 Å². The Balaban J connectivity index is 2.04. The predicted octanol–water partition coefficient (Wildman–Crippen LogP) is 3.50. The number of amides is 1. The number of carbonyl (C=O) groups excluding carboxylic acids is 1. The van der Waals surface area contributed by atoms with Crippen molar-refractivity contribution in [3.63, 3.8) is 0 Å². The van der Waals surface area contributed by atoms with E-state index in [1.54, 1.807) is 7.11 Å². The number of hydrogen-bond donors (Lipinski definition) is 0. The summed E-state index contributed by atoms with van der Waals surface area (Å²) >= 11 is 0. The third-order valence-electron chi connectivity index (χ3n) is 4.03. The molecule has 1 aliphatic rings. The average molecular weight is 305 g/mol. The fourth-order valence-corrected chi connectivity index (χ4v) is 2.80. The fraction of sp³-hybridized carbons (Fsp3) is 0.611. The Kier molecular flexibility index (Phi) is 5.33. The van der Waals surface area contributed by atoms with Crippen molar-refractivity contribution in [2.75, 3.05) is 20.3 Å². The standard InChI is InChI=1S/C18H27NO3/c1-18(2,3)17(20)19-12-8-7-9-14(19)13-22-16-11-6-5-10-15(16)21-4/h5-6,10-11,14H,7-9,12-13H2,1-4H3. The molecule has 1 unspecified atom stereocenters. The van der Waals surface area contributed by atoms with Gasteiger partial charge in [-0.1, -0.05) is 32.9 Å². The van der Waals surface area contributed by atoms with Crippen LogP contribution in [0.4, 0.5) is 0 Å². The van der Waals surface area contributed by atoms with Crippen molar-refractivity contribution >= 4 is 5.91 Å². The van der Waals surface area contributed by atoms with Crippen molar-refractivity contribution in [1.29, 1.82) is 0 Å². The summed E-state index contributed by atoms with van der Waals surface area (Å²) in [6, 6.07) is 7.77. The third kappa shape index (κ3) is 3.93. The molecule has 0 radical (unpaired) electrons. The van der Waals surface area contributed by atoms with Crippen molar-refractivity contribution in [1.82, 2.24) is 4.90 Å². The van der Waals surface area contributed by atoms with Crippen molar-refractivity contribution in [3.05, 3.63) is 24.3 Å². The third-order valence-corrected chi connectivity index (χ3v) is 4.03. The minimum Gasteiger partial charge on any atom is -0.493 e. The zero-order chi connectivity index (χ0) is 16.2. The lowest BCUT2D eigenvalue weighted by Crippen LogP contribution is -2.50. The molecule has 1 heterocycles. The van der Waals surface area contributed by atoms with Gasteiger partial charge in [0.05, 0.1) is 13.2 Å². The smallest absolute Gasteiger partial charge is 0.228 e. The maximum Gasteiger partial charge on any atom is 0.228 e. The molecule has 0 saturated carbocycles. The molecule has 1 aromatic rings. The summed E-state index contributed by atoms with van der Waals surface area (Å²) in [4.78, 5) is 14.6. The Morgan fingerprint density at radius 1 is 1.23 bits per heavy atom. The molecule has 4 nitrogen and oxygen atoms in total. The molecular weight excluding hydrogens is 278 g/mol. The van der Waals surface area contributed by atoms with Crippen LogP contribution in [0.3, 0.4) is 0 Å². The fourth-order valence-electron chi connectivity index (χ4n) is 2.80. The number of hydrogen-bond acceptors (Lipinski definition) is 3. The maximum atomic E-state index is 12.6. The first-order chi connectivity index (χ1) is 10.4. The Labute approximate surface area is 133 Å². The molecule has 1 atom stereocenters. The van der Waals surface area contributed by atoms with Crippen LogP contribution in [0, 0.1) is 5.41 Å². The second-order valence-corrected chi connectivity index (χ2v) is 6.86. The molecule has 22 heavy (non-hydrogen) atoms. The summed E-state index contributed by atoms with van der Waals surface area (Å²) in [5, 5.41) is 0. The van der Waals surface area contributed by atoms with Gasteiger partial charge in [0, 0.05) is 12.0 Å². The van der Waals surface area contributed by atoms with Gasteiger partial charge in [-0.05, 0) is 31.4 Å². The molecule has 122 valence electrons. The van der Waals surface area contributed by atoms with E-state index < -0.39 is 0 Å². The van der Waals surface area contributed by atoms with Crippen LogP contribution in [-0.4, -0.2) is 37.1 Å². The number of ether oxygens (including phenoxy) is 2. The van der Waals surface area contributed by atoms with Crippen LogP contribution in [0.15, 0.2) is 24.3 Å². The Morgan fingerprint density at radius 3 is 2.55 bits per heavy atom. The molecule has 0 N–H and O–H groups in total. The minimum absolute atomic E-state index is 0.144. The Morgan fingerprint density at radius 2 is 1.91 bits per heavy atom. The largest absolute Gasteiger partial charge is 0.493 e. The van der Waals surface area contributed by atoms with Crippen molar-refractivity contribution in [2.45, 2.75) is 46.1 Å². The molecular formula is C18H27NO3. The first kappa shape index (κ1) is 16.7. The summed E-state index contributed by atoms with van der Waals surface area (Å²) in [6.45, 7) is 7.27. The number of likely N-dealkylation sites (tertiary alicyclic amines) is 1. The van der Waals surface area contributed by atoms with Gasteiger partial charge in [-0.3, -0.25) is 4.79 Å². The lowest BCUT2D eigenvalue weighted by Gasteiger charge is -2.39. The van der Waals surface area contributed by atoms with Gasteiger partial charge in [0.2, 0.25) is 5.91 Å². The van der Waals surface area contributed by atoms with E-state index in [2.05, 4.69) is 0 Å². The van der Waals surface area contributed by atoms with Crippen LogP contribution in [0.25, 0.3) is 0 Å². The van der Waals surface area contributed by atoms with E-state index in [1.165, 1.54) is 0 Å². The van der Waals surface area contributed by atoms with Crippen LogP contribution in [0.2, 0.25) is 0 Å². The number of carbonyl (C=O) groups is 1. The van der Waals surface area contributed by atoms with Crippen LogP contribution in [0.5, 0.6) is 11.5 Å². The molecule has 4 heteroatoms. The SMILES string of the molecule is COc1ccccc1OCC1CCCCN1C(=O)C(C)(C)C. The zero-order valence-electron chi connectivity index (χ0n) is 14.1. The number of benzene rings is 1. The molecule has 1 amide bonds. The second kappa shape index (κ2) is 7.03. The van der Waals surface area contributed by atoms with Gasteiger partial charge in [0.25, 0.3) is 0 Å². The molecule has 2 rings (SSSR count). The van der Waals surface area contributed by atoms with Gasteiger partial charge >= 0.3 is 0 Å². The van der Waals surface area contributed by atoms with Crippen LogP contribution >= 0.6 is 0 Å². The number of methoxy groups -OCH3 is 1. The van der Waals surface area contributed by atoms with E-state index in [4.69, 9.17) is 9.47 Å². The van der Waals surface area contributed by atoms with E-state index in [0.29, 0.717) is 6.61 Å². The van der Waals surface area contributed by atoms with Crippen molar-refractivity contribution < 1.29 is 14.3 Å². The number of para-hydroxylation sites is 2. The second-order valence-electron chi connectivity index (χ2n) is 6.86. The highest BCUT2D eigenvalue weighted by Gasteiger charge is 2.33. The lowest BCUT2D eigenvalue weighted by atomic mass is 9.91. The van der Waals surface area contributed by atoms with E-state index in [0.717, 1.165) is 37.3 Å². The highest BCUT2D eigenvalue weighted by atomic mass is 16.5. The molecule has 0 spiro atoms. The van der Waals surface area contributed by atoms with Gasteiger partial charge in [-0.25, -0.2) is 0 Å². The molecule has 0 bridgehead atoms. The number of piperidine rings is 1. The first-order valence-electron chi connectivity index (χ1n) is 8.00. The van der Waals surface area contributed by atoms with Crippen LogP contribution in [-0.2, 0) is 4.79 Å². The van der Waals surface area contributed by atoms with Crippen molar-refractivity contribution in [3.8, 4) is 11.5 Å². The van der Waals surface area contributed by atoms with Gasteiger partial charge < -0.3 is 14.4 Å². The highest BCUT2D eigenvalue weighted by molar-refractivity contribution is 5.81. The van der Waals surface area contributed by atoms with E-state index in [-0.39, 0.29) is 17.4 Å². The predicted molar refractivity (Wildman–Crippen MR) is 87.3 cm³/mol. The molecule has 1 aliphatic heterocycles. The molecule has 1 aromatic carbocycles. The Hall–Kier alpha value is -1.71. The summed E-state index contributed by atoms with van der Waals surface area (Å²) < 4.78 is 11.2. The normalized spacial score (nSPS) is 18.9. The van der Waals surface area contributed by atoms with Crippen molar-refractivity contribution in [2.24, 2.45) is 5.41 Å². The average Bonchev–Trinajstić information content (AvgIpc) is 2.52. The molecule has 0 aliphatic carbocycles. The topological polar surface area (TPSA) is 38.8 Å². The van der Waals surface area contributed by atoms with E-state index in [1.807, 2.05) is 49.9 Å². The summed E-state index contributed by atoms with van der Waals surface area (Å²) in [5.74, 6) is 1.67. The Bertz CT molecular complexity index is 507. The highest BCUT2D eigenvalue weighted by Crippen LogP contribution is 2.28. The lowest BCUT2D eigenvalue weighted by molar-refractivity contribution is -0.144. The number of nitrogens with zero attached hydrogens (tertiary/aromatic N) is 1. The molecule has 1 fully saturated rings. The minimum atomic E-state index is -0.347. The molecule has 0 aromatic heterocycles. The summed E-state index contributed by atoms with van der Waals surface area (Å²) in [7, 11) is 1.64. The monoisotopic (exact) mass is 305 g/mol. The quantitative estimate of drug-likeness (QED) is 0.854. The van der Waals surface area contributed by atoms with Gasteiger partial charge in [-0.2, -0.15) is 0 Å². The van der Waals surface area contributed by atoms with E-state index >= 15 is 0 Å². The molecule has 1 saturated heterocycles. The van der Waals surface area contributed by atoms with Gasteiger partial charge in [-0.15, -0.1) is 0 Å². The summed E-state index contributed by atoms with van der Waals surface area (Å²) in [5.41, 5.74) is -0.347. The van der Waals surface area contributed by atoms with Crippen LogP contribution < -0.4 is 9.47 Å². The first-order valence-corrected chi connectivity index (χ1v) is 8.00. The van der Waals surface area contributed by atoms with Gasteiger partial charge in [0.15, 0.2) is 11.5 Å². The zero-order valence-corrected chi connectivity index (χ0v) is 14.1. The summed E-state index contributed by atoms with van der Waals surface area (Å²) in [6.07, 6.45) is 3.22. The van der Waals surface area contributed by atoms with Crippen LogP contribution in [0.1, 0.15) is 40.0 Å². The van der Waals surface area contributed by atoms with Gasteiger partial charge in [0.1, 0.15) is 6.61 Å². The number of rotatable bonds is 4.